The minimum atomic E-state index is 0.0595. The number of amides is 1. The van der Waals surface area contributed by atoms with Crippen molar-refractivity contribution in [3.63, 3.8) is 0 Å². The molecule has 0 saturated carbocycles. The number of hydrogen-bond donors (Lipinski definition) is 1. The third-order valence-corrected chi connectivity index (χ3v) is 5.39. The Bertz CT molecular complexity index is 996. The summed E-state index contributed by atoms with van der Waals surface area (Å²) in [5, 5.41) is 7.56. The number of fused-ring (bicyclic) bond motifs is 1. The summed E-state index contributed by atoms with van der Waals surface area (Å²) in [6.07, 6.45) is 1.29. The van der Waals surface area contributed by atoms with E-state index in [1.54, 1.807) is 0 Å². The quantitative estimate of drug-likeness (QED) is 0.712. The fraction of sp³-hybridized carbons (Fsp3) is 0.286. The lowest BCUT2D eigenvalue weighted by atomic mass is 10.1. The Balaban J connectivity index is 1.17. The van der Waals surface area contributed by atoms with Gasteiger partial charge in [-0.1, -0.05) is 0 Å². The summed E-state index contributed by atoms with van der Waals surface area (Å²) < 4.78 is 16.0. The van der Waals surface area contributed by atoms with Crippen LogP contribution in [0, 0.1) is 0 Å². The van der Waals surface area contributed by atoms with Gasteiger partial charge in [-0.25, -0.2) is 0 Å². The van der Waals surface area contributed by atoms with E-state index in [4.69, 9.17) is 13.9 Å². The Morgan fingerprint density at radius 2 is 1.83 bits per heavy atom. The number of hydrogen-bond acceptors (Lipinski definition) is 6. The monoisotopic (exact) mass is 393 g/mol. The number of nitrogens with one attached hydrogen (secondary N) is 1. The molecule has 8 heteroatoms. The summed E-state index contributed by atoms with van der Waals surface area (Å²) in [6, 6.07) is 13.4. The van der Waals surface area contributed by atoms with Gasteiger partial charge in [-0.15, -0.1) is 10.2 Å². The molecule has 2 aromatic carbocycles. The molecule has 8 nitrogen and oxygen atoms in total. The van der Waals surface area contributed by atoms with E-state index in [-0.39, 0.29) is 5.91 Å². The standard InChI is InChI=1S/C21H20N4O4/c26-21(17-4-2-16(3-5-17)20-23-22-13-27-20)25-9-7-24(8-10-25)12-15-1-6-18-19(11-15)29-14-28-18/h1-6,11,13H,7-10,12,14H2/p+1. The van der Waals surface area contributed by atoms with Crippen LogP contribution in [0.2, 0.25) is 0 Å². The van der Waals surface area contributed by atoms with Gasteiger partial charge in [0.15, 0.2) is 11.5 Å². The van der Waals surface area contributed by atoms with Crippen molar-refractivity contribution in [2.45, 2.75) is 6.54 Å². The molecule has 5 rings (SSSR count). The predicted octanol–water partition coefficient (Wildman–Crippen LogP) is 1.01. The molecule has 3 heterocycles. The molecule has 0 atom stereocenters. The van der Waals surface area contributed by atoms with Crippen LogP contribution in [0.5, 0.6) is 11.5 Å². The Morgan fingerprint density at radius 3 is 2.59 bits per heavy atom. The van der Waals surface area contributed by atoms with Crippen LogP contribution in [0.25, 0.3) is 11.5 Å². The van der Waals surface area contributed by atoms with Gasteiger partial charge in [0.2, 0.25) is 19.1 Å². The highest BCUT2D eigenvalue weighted by Crippen LogP contribution is 2.32. The number of quaternary nitrogens is 1. The van der Waals surface area contributed by atoms with Crippen LogP contribution >= 0.6 is 0 Å². The van der Waals surface area contributed by atoms with E-state index in [0.717, 1.165) is 49.8 Å². The Labute approximate surface area is 167 Å². The van der Waals surface area contributed by atoms with Crippen LogP contribution in [-0.2, 0) is 6.54 Å². The zero-order valence-corrected chi connectivity index (χ0v) is 15.8. The number of carbonyl (C=O) groups excluding carboxylic acids is 1. The summed E-state index contributed by atoms with van der Waals surface area (Å²) in [6.45, 7) is 4.52. The van der Waals surface area contributed by atoms with Gasteiger partial charge in [0.25, 0.3) is 5.91 Å². The molecule has 0 unspecified atom stereocenters. The molecule has 2 aliphatic heterocycles. The fourth-order valence-electron chi connectivity index (χ4n) is 3.78. The largest absolute Gasteiger partial charge is 0.454 e. The van der Waals surface area contributed by atoms with Gasteiger partial charge >= 0.3 is 0 Å². The average molecular weight is 393 g/mol. The van der Waals surface area contributed by atoms with Gasteiger partial charge in [-0.3, -0.25) is 4.79 Å². The number of ether oxygens (including phenoxy) is 2. The highest BCUT2D eigenvalue weighted by Gasteiger charge is 2.25. The number of benzene rings is 2. The fourth-order valence-corrected chi connectivity index (χ4v) is 3.78. The van der Waals surface area contributed by atoms with Crippen LogP contribution in [0.15, 0.2) is 53.3 Å². The molecule has 29 heavy (non-hydrogen) atoms. The van der Waals surface area contributed by atoms with Crippen molar-refractivity contribution in [2.75, 3.05) is 33.0 Å². The van der Waals surface area contributed by atoms with Gasteiger partial charge in [-0.2, -0.15) is 0 Å². The van der Waals surface area contributed by atoms with E-state index in [9.17, 15) is 4.79 Å². The second-order valence-corrected chi connectivity index (χ2v) is 7.23. The first kappa shape index (κ1) is 17.7. The number of carbonyl (C=O) groups is 1. The lowest BCUT2D eigenvalue weighted by Gasteiger charge is -2.32. The van der Waals surface area contributed by atoms with E-state index in [0.29, 0.717) is 18.2 Å². The molecule has 1 saturated heterocycles. The molecule has 1 N–H and O–H groups in total. The average Bonchev–Trinajstić information content (AvgIpc) is 3.46. The second kappa shape index (κ2) is 7.56. The second-order valence-electron chi connectivity index (χ2n) is 7.23. The highest BCUT2D eigenvalue weighted by atomic mass is 16.7. The van der Waals surface area contributed by atoms with Crippen LogP contribution in [0.1, 0.15) is 15.9 Å². The normalized spacial score (nSPS) is 16.2. The van der Waals surface area contributed by atoms with Gasteiger partial charge in [0.05, 0.1) is 26.2 Å². The molecule has 148 valence electrons. The maximum atomic E-state index is 12.8. The van der Waals surface area contributed by atoms with E-state index in [1.165, 1.54) is 16.9 Å². The first-order valence-electron chi connectivity index (χ1n) is 9.64. The van der Waals surface area contributed by atoms with E-state index in [1.807, 2.05) is 35.2 Å². The number of nitrogens with zero attached hydrogens (tertiary/aromatic N) is 3. The van der Waals surface area contributed by atoms with Crippen molar-refractivity contribution in [1.29, 1.82) is 0 Å². The number of aromatic nitrogens is 2. The minimum Gasteiger partial charge on any atom is -0.454 e. The van der Waals surface area contributed by atoms with Gasteiger partial charge in [0, 0.05) is 16.7 Å². The molecule has 0 bridgehead atoms. The molecule has 1 amide bonds. The van der Waals surface area contributed by atoms with Crippen LogP contribution < -0.4 is 14.4 Å². The van der Waals surface area contributed by atoms with Crippen molar-refractivity contribution in [3.8, 4) is 23.0 Å². The lowest BCUT2D eigenvalue weighted by Crippen LogP contribution is -3.13. The SMILES string of the molecule is O=C(c1ccc(-c2nnco2)cc1)N1CC[NH+](Cc2ccc3c(c2)OCO3)CC1. The Kier molecular flexibility index (Phi) is 4.61. The van der Waals surface area contributed by atoms with Crippen molar-refractivity contribution < 1.29 is 23.6 Å². The van der Waals surface area contributed by atoms with Crippen LogP contribution in [0.4, 0.5) is 0 Å². The molecule has 0 aliphatic carbocycles. The maximum Gasteiger partial charge on any atom is 0.254 e. The topological polar surface area (TPSA) is 82.1 Å². The molecule has 1 aromatic heterocycles. The molecular weight excluding hydrogens is 372 g/mol. The van der Waals surface area contributed by atoms with Crippen LogP contribution in [-0.4, -0.2) is 54.0 Å². The Hall–Kier alpha value is -3.39. The molecule has 0 spiro atoms. The smallest absolute Gasteiger partial charge is 0.254 e. The maximum absolute atomic E-state index is 12.8. The van der Waals surface area contributed by atoms with E-state index in [2.05, 4.69) is 22.3 Å². The molecule has 3 aromatic rings. The summed E-state index contributed by atoms with van der Waals surface area (Å²) in [4.78, 5) is 16.2. The van der Waals surface area contributed by atoms with Gasteiger partial charge < -0.3 is 23.7 Å². The zero-order chi connectivity index (χ0) is 19.6. The Morgan fingerprint density at radius 1 is 1.03 bits per heavy atom. The zero-order valence-electron chi connectivity index (χ0n) is 15.8. The number of rotatable bonds is 4. The highest BCUT2D eigenvalue weighted by molar-refractivity contribution is 5.94. The first-order chi connectivity index (χ1) is 14.3. The molecule has 1 fully saturated rings. The third-order valence-electron chi connectivity index (χ3n) is 5.39. The van der Waals surface area contributed by atoms with Crippen molar-refractivity contribution in [1.82, 2.24) is 15.1 Å². The van der Waals surface area contributed by atoms with Crippen molar-refractivity contribution >= 4 is 5.91 Å². The van der Waals surface area contributed by atoms with Crippen molar-refractivity contribution in [2.24, 2.45) is 0 Å². The summed E-state index contributed by atoms with van der Waals surface area (Å²) >= 11 is 0. The van der Waals surface area contributed by atoms with Crippen LogP contribution in [0.3, 0.4) is 0 Å². The molecular formula is C21H21N4O4+. The molecule has 0 radical (unpaired) electrons. The van der Waals surface area contributed by atoms with E-state index < -0.39 is 0 Å². The molecule has 2 aliphatic rings. The predicted molar refractivity (Wildman–Crippen MR) is 103 cm³/mol. The number of piperazine rings is 1. The summed E-state index contributed by atoms with van der Waals surface area (Å²) in [5.41, 5.74) is 2.70. The van der Waals surface area contributed by atoms with Gasteiger partial charge in [0.1, 0.15) is 6.54 Å². The van der Waals surface area contributed by atoms with Crippen molar-refractivity contribution in [3.05, 3.63) is 60.0 Å². The first-order valence-corrected chi connectivity index (χ1v) is 9.64. The van der Waals surface area contributed by atoms with E-state index >= 15 is 0 Å². The van der Waals surface area contributed by atoms with Gasteiger partial charge in [-0.05, 0) is 42.5 Å². The summed E-state index contributed by atoms with van der Waals surface area (Å²) in [5.74, 6) is 2.14. The summed E-state index contributed by atoms with van der Waals surface area (Å²) in [7, 11) is 0. The lowest BCUT2D eigenvalue weighted by molar-refractivity contribution is -0.917. The minimum absolute atomic E-state index is 0.0595. The third kappa shape index (κ3) is 3.66.